The SMILES string of the molecule is COc1cc(CCOCc2c3c4c(c(OC)c2OC)Oc2cc5c(cc2OC)CCN(C)C5Cc2ccc(cc2)Oc2cc(ccc2OC)CC4N(C)CC3)cc(OC)c1. The maximum atomic E-state index is 7.25. The molecule has 4 aliphatic heterocycles. The lowest BCUT2D eigenvalue weighted by molar-refractivity contribution is 0.119. The first kappa shape index (κ1) is 41.1. The summed E-state index contributed by atoms with van der Waals surface area (Å²) in [6.07, 6.45) is 3.80. The summed E-state index contributed by atoms with van der Waals surface area (Å²) >= 11 is 0. The molecule has 0 saturated carbocycles. The van der Waals surface area contributed by atoms with Gasteiger partial charge in [-0.25, -0.2) is 0 Å². The standard InChI is InChI=1S/C49H56N2O9/c1-50-18-15-33-26-43(55-6)45-28-38(33)40(50)23-30-9-12-34(13-10-30)59-44-25-31(11-14-42(44)54-5)24-41-46-37(16-19-51(41)2)39(47(56-7)49(57-8)48(46)60-45)29-58-20-17-32-21-35(52-3)27-36(22-32)53-4/h9-14,21-22,25-28,40-41H,15-20,23-24,29H2,1-8H3. The quantitative estimate of drug-likeness (QED) is 0.120. The van der Waals surface area contributed by atoms with Gasteiger partial charge in [0.25, 0.3) is 0 Å². The Balaban J connectivity index is 1.28. The maximum absolute atomic E-state index is 7.25. The fourth-order valence-electron chi connectivity index (χ4n) is 9.03. The molecule has 4 heterocycles. The monoisotopic (exact) mass is 816 g/mol. The van der Waals surface area contributed by atoms with Crippen molar-refractivity contribution in [3.8, 4) is 57.5 Å². The van der Waals surface area contributed by atoms with Gasteiger partial charge >= 0.3 is 0 Å². The predicted octanol–water partition coefficient (Wildman–Crippen LogP) is 8.94. The second-order valence-corrected chi connectivity index (χ2v) is 15.7. The number of hydrogen-bond donors (Lipinski definition) is 0. The van der Waals surface area contributed by atoms with Crippen LogP contribution in [-0.2, 0) is 43.4 Å². The summed E-state index contributed by atoms with van der Waals surface area (Å²) in [6, 6.07) is 24.8. The van der Waals surface area contributed by atoms with Crippen LogP contribution < -0.4 is 37.9 Å². The van der Waals surface area contributed by atoms with Crippen LogP contribution in [0.3, 0.4) is 0 Å². The van der Waals surface area contributed by atoms with Crippen LogP contribution >= 0.6 is 0 Å². The first-order valence-electron chi connectivity index (χ1n) is 20.6. The highest BCUT2D eigenvalue weighted by Crippen LogP contribution is 2.54. The van der Waals surface area contributed by atoms with Crippen molar-refractivity contribution in [3.63, 3.8) is 0 Å². The van der Waals surface area contributed by atoms with E-state index in [1.807, 2.05) is 36.4 Å². The Kier molecular flexibility index (Phi) is 12.3. The third kappa shape index (κ3) is 8.13. The molecule has 11 heteroatoms. The van der Waals surface area contributed by atoms with Crippen molar-refractivity contribution in [2.45, 2.75) is 50.8 Å². The predicted molar refractivity (Wildman–Crippen MR) is 231 cm³/mol. The van der Waals surface area contributed by atoms with E-state index in [9.17, 15) is 0 Å². The highest BCUT2D eigenvalue weighted by Gasteiger charge is 2.37. The van der Waals surface area contributed by atoms with E-state index in [0.29, 0.717) is 66.3 Å². The number of methoxy groups -OCH3 is 6. The van der Waals surface area contributed by atoms with Crippen molar-refractivity contribution in [2.24, 2.45) is 0 Å². The molecule has 2 atom stereocenters. The van der Waals surface area contributed by atoms with Gasteiger partial charge < -0.3 is 42.6 Å². The second-order valence-electron chi connectivity index (χ2n) is 15.7. The van der Waals surface area contributed by atoms with Gasteiger partial charge in [-0.15, -0.1) is 0 Å². The van der Waals surface area contributed by atoms with Gasteiger partial charge in [0.2, 0.25) is 5.75 Å². The molecule has 0 fully saturated rings. The number of likely N-dealkylation sites (N-methyl/N-ethyl adjacent to an activating group) is 2. The molecule has 0 aromatic heterocycles. The molecule has 5 aromatic carbocycles. The van der Waals surface area contributed by atoms with Crippen molar-refractivity contribution in [1.29, 1.82) is 0 Å². The highest BCUT2D eigenvalue weighted by molar-refractivity contribution is 5.67. The largest absolute Gasteiger partial charge is 0.497 e. The summed E-state index contributed by atoms with van der Waals surface area (Å²) < 4.78 is 55.8. The molecular formula is C49H56N2O9. The van der Waals surface area contributed by atoms with Gasteiger partial charge in [-0.3, -0.25) is 9.80 Å². The zero-order valence-electron chi connectivity index (χ0n) is 36.0. The molecule has 0 aliphatic carbocycles. The van der Waals surface area contributed by atoms with Crippen molar-refractivity contribution in [3.05, 3.63) is 117 Å². The van der Waals surface area contributed by atoms with Crippen LogP contribution in [0, 0.1) is 0 Å². The first-order valence-corrected chi connectivity index (χ1v) is 20.6. The Morgan fingerprint density at radius 1 is 0.617 bits per heavy atom. The first-order chi connectivity index (χ1) is 29.2. The van der Waals surface area contributed by atoms with Gasteiger partial charge in [-0.05, 0) is 128 Å². The van der Waals surface area contributed by atoms with Crippen LogP contribution in [0.5, 0.6) is 57.5 Å². The summed E-state index contributed by atoms with van der Waals surface area (Å²) in [5.41, 5.74) is 8.92. The van der Waals surface area contributed by atoms with Crippen molar-refractivity contribution in [2.75, 3.05) is 76.5 Å². The number of benzene rings is 5. The molecule has 0 radical (unpaired) electrons. The van der Waals surface area contributed by atoms with Gasteiger partial charge in [0.05, 0.1) is 55.9 Å². The van der Waals surface area contributed by atoms with E-state index in [-0.39, 0.29) is 12.1 Å². The average Bonchev–Trinajstić information content (AvgIpc) is 3.27. The maximum Gasteiger partial charge on any atom is 0.204 e. The van der Waals surface area contributed by atoms with Crippen LogP contribution in [0.15, 0.2) is 72.8 Å². The smallest absolute Gasteiger partial charge is 0.204 e. The van der Waals surface area contributed by atoms with Crippen molar-refractivity contribution in [1.82, 2.24) is 9.80 Å². The molecule has 2 unspecified atom stereocenters. The average molecular weight is 817 g/mol. The fourth-order valence-corrected chi connectivity index (χ4v) is 9.03. The molecule has 316 valence electrons. The minimum absolute atomic E-state index is 0.117. The van der Waals surface area contributed by atoms with Crippen LogP contribution in [0.2, 0.25) is 0 Å². The Morgan fingerprint density at radius 3 is 1.98 bits per heavy atom. The number of rotatable bonds is 11. The molecule has 0 spiro atoms. The molecule has 60 heavy (non-hydrogen) atoms. The van der Waals surface area contributed by atoms with E-state index in [1.165, 1.54) is 16.7 Å². The van der Waals surface area contributed by atoms with Crippen LogP contribution in [-0.4, -0.2) is 86.3 Å². The molecule has 4 aliphatic rings. The fraction of sp³-hybridized carbons (Fsp3) is 0.388. The Labute approximate surface area is 353 Å². The molecule has 9 rings (SSSR count). The molecule has 0 saturated heterocycles. The Hall–Kier alpha value is -5.62. The Bertz CT molecular complexity index is 2310. The van der Waals surface area contributed by atoms with Crippen molar-refractivity contribution < 1.29 is 42.6 Å². The van der Waals surface area contributed by atoms with E-state index in [0.717, 1.165) is 77.4 Å². The molecule has 6 bridgehead atoms. The van der Waals surface area contributed by atoms with Crippen molar-refractivity contribution >= 4 is 0 Å². The second kappa shape index (κ2) is 17.9. The summed E-state index contributed by atoms with van der Waals surface area (Å²) in [7, 11) is 14.4. The lowest BCUT2D eigenvalue weighted by Gasteiger charge is -2.38. The molecule has 11 nitrogen and oxygen atoms in total. The van der Waals surface area contributed by atoms with Crippen LogP contribution in [0.4, 0.5) is 0 Å². The molecule has 5 aromatic rings. The van der Waals surface area contributed by atoms with Gasteiger partial charge in [0.15, 0.2) is 34.5 Å². The third-order valence-electron chi connectivity index (χ3n) is 12.3. The van der Waals surface area contributed by atoms with Crippen LogP contribution in [0.25, 0.3) is 0 Å². The normalized spacial score (nSPS) is 17.3. The van der Waals surface area contributed by atoms with E-state index in [4.69, 9.17) is 42.6 Å². The van der Waals surface area contributed by atoms with Gasteiger partial charge in [0.1, 0.15) is 17.2 Å². The molecule has 0 amide bonds. The zero-order chi connectivity index (χ0) is 41.9. The number of nitrogens with zero attached hydrogens (tertiary/aromatic N) is 2. The minimum atomic E-state index is -0.117. The summed E-state index contributed by atoms with van der Waals surface area (Å²) in [5.74, 6) is 6.56. The minimum Gasteiger partial charge on any atom is -0.497 e. The number of hydrogen-bond acceptors (Lipinski definition) is 11. The lowest BCUT2D eigenvalue weighted by Crippen LogP contribution is -2.35. The number of fused-ring (bicyclic) bond motifs is 2. The summed E-state index contributed by atoms with van der Waals surface area (Å²) in [5, 5.41) is 0. The van der Waals surface area contributed by atoms with Gasteiger partial charge in [-0.1, -0.05) is 18.2 Å². The van der Waals surface area contributed by atoms with E-state index >= 15 is 0 Å². The molecule has 0 N–H and O–H groups in total. The highest BCUT2D eigenvalue weighted by atomic mass is 16.5. The van der Waals surface area contributed by atoms with Crippen LogP contribution in [0.1, 0.15) is 56.6 Å². The lowest BCUT2D eigenvalue weighted by atomic mass is 9.84. The number of ether oxygens (including phenoxy) is 9. The zero-order valence-corrected chi connectivity index (χ0v) is 36.0. The van der Waals surface area contributed by atoms with Gasteiger partial charge in [0, 0.05) is 42.4 Å². The van der Waals surface area contributed by atoms with E-state index in [2.05, 4.69) is 60.3 Å². The third-order valence-corrected chi connectivity index (χ3v) is 12.3. The molecular weight excluding hydrogens is 761 g/mol. The van der Waals surface area contributed by atoms with E-state index < -0.39 is 0 Å². The topological polar surface area (TPSA) is 89.6 Å². The summed E-state index contributed by atoms with van der Waals surface area (Å²) in [4.78, 5) is 4.81. The van der Waals surface area contributed by atoms with Gasteiger partial charge in [-0.2, -0.15) is 0 Å². The Morgan fingerprint density at radius 2 is 1.28 bits per heavy atom. The van der Waals surface area contributed by atoms with E-state index in [1.54, 1.807) is 42.7 Å². The summed E-state index contributed by atoms with van der Waals surface area (Å²) in [6.45, 7) is 2.53.